The van der Waals surface area contributed by atoms with Gasteiger partial charge in [-0.05, 0) is 94.7 Å². The van der Waals surface area contributed by atoms with Gasteiger partial charge in [0.25, 0.3) is 0 Å². The molecule has 0 aliphatic rings. The summed E-state index contributed by atoms with van der Waals surface area (Å²) in [7, 11) is 0. The van der Waals surface area contributed by atoms with Crippen LogP contribution in [0.5, 0.6) is 0 Å². The molecule has 0 saturated heterocycles. The Kier molecular flexibility index (Phi) is 6.18. The minimum atomic E-state index is 0.576. The van der Waals surface area contributed by atoms with Crippen molar-refractivity contribution in [2.24, 2.45) is 0 Å². The molecule has 0 radical (unpaired) electrons. The van der Waals surface area contributed by atoms with E-state index in [0.717, 1.165) is 83.2 Å². The van der Waals surface area contributed by atoms with Gasteiger partial charge in [0.15, 0.2) is 5.58 Å². The largest absolute Gasteiger partial charge is 0.456 e. The molecular weight excluding hydrogens is 641 g/mol. The van der Waals surface area contributed by atoms with Gasteiger partial charge in [-0.15, -0.1) is 0 Å². The summed E-state index contributed by atoms with van der Waals surface area (Å²) in [5.74, 6) is 0.576. The van der Waals surface area contributed by atoms with Crippen LogP contribution < -0.4 is 4.90 Å². The van der Waals surface area contributed by atoms with Gasteiger partial charge in [0.2, 0.25) is 5.89 Å². The van der Waals surface area contributed by atoms with Gasteiger partial charge in [0.05, 0.1) is 0 Å². The van der Waals surface area contributed by atoms with E-state index in [2.05, 4.69) is 120 Å². The number of benzene rings is 8. The predicted molar refractivity (Wildman–Crippen MR) is 212 cm³/mol. The van der Waals surface area contributed by atoms with E-state index in [1.165, 1.54) is 16.3 Å². The maximum atomic E-state index is 6.57. The average Bonchev–Trinajstić information content (AvgIpc) is 3.91. The molecule has 5 nitrogen and oxygen atoms in total. The highest BCUT2D eigenvalue weighted by Crippen LogP contribution is 2.43. The number of anilines is 3. The van der Waals surface area contributed by atoms with Crippen LogP contribution in [0.25, 0.3) is 88.3 Å². The summed E-state index contributed by atoms with van der Waals surface area (Å²) in [6.45, 7) is 0. The van der Waals surface area contributed by atoms with Crippen molar-refractivity contribution >= 4 is 82.8 Å². The summed E-state index contributed by atoms with van der Waals surface area (Å²) in [5.41, 5.74) is 11.2. The first kappa shape index (κ1) is 28.7. The molecule has 0 N–H and O–H groups in total. The van der Waals surface area contributed by atoms with Crippen molar-refractivity contribution in [3.8, 4) is 22.6 Å². The highest BCUT2D eigenvalue weighted by Gasteiger charge is 2.20. The molecule has 11 rings (SSSR count). The molecule has 8 aromatic carbocycles. The standard InChI is InChI=1S/C47H28N2O3/c1-2-11-34-29(9-1)10-7-13-35(34)30-19-21-31(22-20-30)49(32-24-26-42-39(27-32)36-12-3-5-16-41(36)50-42)33-23-25-37-45(28-33)51-44-18-8-14-38(46(37)44)47-48-40-15-4-6-17-43(40)52-47/h1-28H. The summed E-state index contributed by atoms with van der Waals surface area (Å²) in [6, 6.07) is 58.7. The molecule has 0 bridgehead atoms. The minimum absolute atomic E-state index is 0.576. The Morgan fingerprint density at radius 3 is 1.94 bits per heavy atom. The van der Waals surface area contributed by atoms with Crippen molar-refractivity contribution in [1.29, 1.82) is 0 Å². The van der Waals surface area contributed by atoms with E-state index in [-0.39, 0.29) is 0 Å². The molecule has 0 fully saturated rings. The number of fused-ring (bicyclic) bond motifs is 8. The molecule has 0 atom stereocenters. The smallest absolute Gasteiger partial charge is 0.228 e. The second-order valence-electron chi connectivity index (χ2n) is 13.1. The SMILES string of the molecule is c1ccc2c(-c3ccc(N(c4ccc5c(c4)oc4cccc(-c6nc7ccccc7o6)c45)c4ccc5oc6ccccc6c5c4)cc3)cccc2c1. The van der Waals surface area contributed by atoms with E-state index in [1.54, 1.807) is 0 Å². The molecule has 5 heteroatoms. The van der Waals surface area contributed by atoms with E-state index in [9.17, 15) is 0 Å². The van der Waals surface area contributed by atoms with Gasteiger partial charge in [-0.25, -0.2) is 4.98 Å². The number of aromatic nitrogens is 1. The molecule has 0 aliphatic carbocycles. The quantitative estimate of drug-likeness (QED) is 0.183. The van der Waals surface area contributed by atoms with E-state index in [1.807, 2.05) is 54.6 Å². The zero-order chi connectivity index (χ0) is 34.2. The van der Waals surface area contributed by atoms with Crippen LogP contribution in [0.1, 0.15) is 0 Å². The molecule has 0 spiro atoms. The number of oxazole rings is 1. The van der Waals surface area contributed by atoms with Crippen LogP contribution in [0.3, 0.4) is 0 Å². The van der Waals surface area contributed by atoms with E-state index in [0.29, 0.717) is 5.89 Å². The molecule has 52 heavy (non-hydrogen) atoms. The first-order chi connectivity index (χ1) is 25.7. The van der Waals surface area contributed by atoms with Crippen molar-refractivity contribution in [3.63, 3.8) is 0 Å². The molecular formula is C47H28N2O3. The van der Waals surface area contributed by atoms with Crippen LogP contribution in [0.4, 0.5) is 17.1 Å². The van der Waals surface area contributed by atoms with Crippen LogP contribution >= 0.6 is 0 Å². The number of hydrogen-bond acceptors (Lipinski definition) is 5. The summed E-state index contributed by atoms with van der Waals surface area (Å²) in [4.78, 5) is 7.09. The van der Waals surface area contributed by atoms with Crippen LogP contribution in [0, 0.1) is 0 Å². The maximum Gasteiger partial charge on any atom is 0.228 e. The van der Waals surface area contributed by atoms with Gasteiger partial charge in [-0.1, -0.05) is 91.0 Å². The predicted octanol–water partition coefficient (Wildman–Crippen LogP) is 13.6. The van der Waals surface area contributed by atoms with Crippen molar-refractivity contribution < 1.29 is 13.3 Å². The number of hydrogen-bond donors (Lipinski definition) is 0. The topological polar surface area (TPSA) is 55.6 Å². The lowest BCUT2D eigenvalue weighted by atomic mass is 9.98. The minimum Gasteiger partial charge on any atom is -0.456 e. The average molecular weight is 669 g/mol. The molecule has 0 aliphatic heterocycles. The van der Waals surface area contributed by atoms with Gasteiger partial charge in [0, 0.05) is 50.2 Å². The molecule has 3 aromatic heterocycles. The molecule has 0 unspecified atom stereocenters. The third-order valence-corrected chi connectivity index (χ3v) is 10.1. The maximum absolute atomic E-state index is 6.57. The molecule has 3 heterocycles. The third kappa shape index (κ3) is 4.46. The van der Waals surface area contributed by atoms with Crippen molar-refractivity contribution in [2.45, 2.75) is 0 Å². The Hall–Kier alpha value is -7.11. The van der Waals surface area contributed by atoms with Gasteiger partial charge in [-0.2, -0.15) is 0 Å². The number of furan rings is 2. The van der Waals surface area contributed by atoms with Crippen LogP contribution in [0.2, 0.25) is 0 Å². The number of para-hydroxylation sites is 3. The van der Waals surface area contributed by atoms with E-state index in [4.69, 9.17) is 18.2 Å². The van der Waals surface area contributed by atoms with Crippen LogP contribution in [-0.4, -0.2) is 4.98 Å². The fourth-order valence-corrected chi connectivity index (χ4v) is 7.69. The Bertz CT molecular complexity index is 3110. The van der Waals surface area contributed by atoms with Crippen molar-refractivity contribution in [1.82, 2.24) is 4.98 Å². The zero-order valence-electron chi connectivity index (χ0n) is 27.8. The Labute approximate surface area is 297 Å². The molecule has 11 aromatic rings. The Balaban J connectivity index is 1.08. The first-order valence-electron chi connectivity index (χ1n) is 17.4. The third-order valence-electron chi connectivity index (χ3n) is 10.1. The highest BCUT2D eigenvalue weighted by molar-refractivity contribution is 6.13. The lowest BCUT2D eigenvalue weighted by molar-refractivity contribution is 0.620. The first-order valence-corrected chi connectivity index (χ1v) is 17.4. The highest BCUT2D eigenvalue weighted by atomic mass is 16.4. The zero-order valence-corrected chi connectivity index (χ0v) is 27.8. The summed E-state index contributed by atoms with van der Waals surface area (Å²) >= 11 is 0. The van der Waals surface area contributed by atoms with Gasteiger partial charge in [-0.3, -0.25) is 0 Å². The Morgan fingerprint density at radius 2 is 1.04 bits per heavy atom. The van der Waals surface area contributed by atoms with E-state index < -0.39 is 0 Å². The summed E-state index contributed by atoms with van der Waals surface area (Å²) < 4.78 is 19.0. The van der Waals surface area contributed by atoms with Crippen molar-refractivity contribution in [3.05, 3.63) is 170 Å². The van der Waals surface area contributed by atoms with E-state index >= 15 is 0 Å². The lowest BCUT2D eigenvalue weighted by Crippen LogP contribution is -2.09. The van der Waals surface area contributed by atoms with Gasteiger partial charge >= 0.3 is 0 Å². The van der Waals surface area contributed by atoms with Crippen LogP contribution in [0.15, 0.2) is 183 Å². The second kappa shape index (κ2) is 11.2. The fraction of sp³-hybridized carbons (Fsp3) is 0. The fourth-order valence-electron chi connectivity index (χ4n) is 7.69. The number of rotatable bonds is 5. The lowest BCUT2D eigenvalue weighted by Gasteiger charge is -2.26. The monoisotopic (exact) mass is 668 g/mol. The van der Waals surface area contributed by atoms with Crippen LogP contribution in [-0.2, 0) is 0 Å². The Morgan fingerprint density at radius 1 is 0.385 bits per heavy atom. The second-order valence-corrected chi connectivity index (χ2v) is 13.1. The molecule has 244 valence electrons. The molecule has 0 saturated carbocycles. The normalized spacial score (nSPS) is 11.8. The van der Waals surface area contributed by atoms with Gasteiger partial charge < -0.3 is 18.2 Å². The summed E-state index contributed by atoms with van der Waals surface area (Å²) in [6.07, 6.45) is 0. The number of nitrogens with zero attached hydrogens (tertiary/aromatic N) is 2. The van der Waals surface area contributed by atoms with Gasteiger partial charge in [0.1, 0.15) is 27.8 Å². The van der Waals surface area contributed by atoms with Crippen molar-refractivity contribution in [2.75, 3.05) is 4.90 Å². The molecule has 0 amide bonds. The summed E-state index contributed by atoms with van der Waals surface area (Å²) in [5, 5.41) is 6.60.